The van der Waals surface area contributed by atoms with E-state index < -0.39 is 44.4 Å². The Balaban J connectivity index is 3.27. The maximum atomic E-state index is 12.2. The molecule has 1 heterocycles. The van der Waals surface area contributed by atoms with E-state index in [4.69, 9.17) is 22.1 Å². The summed E-state index contributed by atoms with van der Waals surface area (Å²) in [5.74, 6) is 5.92. The molecule has 1 rings (SSSR count). The first-order chi connectivity index (χ1) is 16.5. The number of nitrogens with one attached hydrogen (secondary N) is 1. The second-order valence-electron chi connectivity index (χ2n) is 9.89. The standard InChI is InChI=1S/C24H40N2O4Si/c1-22(2,3)29-21(27)26-19-16-18(25-17-20(19)28-9)14-12-13-15-24(7,8)30-31(10,11)23(4,5)6/h16-17H,13,15H2,1-11H3,(H,25,26,27)/i7D3,8D3. The Labute approximate surface area is 198 Å². The monoisotopic (exact) mass is 454 g/mol. The molecular weight excluding hydrogens is 408 g/mol. The molecule has 1 N–H and O–H groups in total. The second-order valence-corrected chi connectivity index (χ2v) is 14.6. The Morgan fingerprint density at radius 2 is 1.87 bits per heavy atom. The van der Waals surface area contributed by atoms with Crippen LogP contribution in [0.1, 0.15) is 82.0 Å². The minimum Gasteiger partial charge on any atom is -0.493 e. The molecule has 0 unspecified atom stereocenters. The molecule has 1 aromatic heterocycles. The van der Waals surface area contributed by atoms with Crippen LogP contribution in [0.2, 0.25) is 18.1 Å². The van der Waals surface area contributed by atoms with Crippen LogP contribution in [0.15, 0.2) is 12.3 Å². The van der Waals surface area contributed by atoms with Crippen molar-refractivity contribution in [2.75, 3.05) is 12.4 Å². The number of hydrogen-bond acceptors (Lipinski definition) is 5. The van der Waals surface area contributed by atoms with Crippen LogP contribution in [0.5, 0.6) is 5.75 Å². The Kier molecular flexibility index (Phi) is 6.01. The smallest absolute Gasteiger partial charge is 0.412 e. The predicted molar refractivity (Wildman–Crippen MR) is 129 cm³/mol. The van der Waals surface area contributed by atoms with Gasteiger partial charge in [0.05, 0.1) is 24.6 Å². The second kappa shape index (κ2) is 10.1. The van der Waals surface area contributed by atoms with Crippen molar-refractivity contribution >= 4 is 20.1 Å². The van der Waals surface area contributed by atoms with Crippen molar-refractivity contribution in [3.8, 4) is 17.6 Å². The molecule has 1 aromatic rings. The molecule has 0 radical (unpaired) electrons. The van der Waals surface area contributed by atoms with Gasteiger partial charge >= 0.3 is 6.09 Å². The number of nitrogens with zero attached hydrogens (tertiary/aromatic N) is 1. The van der Waals surface area contributed by atoms with Crippen molar-refractivity contribution < 1.29 is 26.9 Å². The number of amides is 1. The molecule has 0 atom stereocenters. The SMILES string of the molecule is [2H]C([2H])([2H])C(CCC#Cc1cc(NC(=O)OC(C)(C)C)c(OC)cn1)(O[Si](C)(C)C(C)(C)C)C([2H])([2H])[2H]. The van der Waals surface area contributed by atoms with Gasteiger partial charge in [0.25, 0.3) is 0 Å². The number of pyridine rings is 1. The maximum absolute atomic E-state index is 12.2. The van der Waals surface area contributed by atoms with E-state index in [1.807, 2.05) is 33.9 Å². The van der Waals surface area contributed by atoms with Crippen LogP contribution in [0.25, 0.3) is 0 Å². The van der Waals surface area contributed by atoms with Gasteiger partial charge in [-0.1, -0.05) is 26.7 Å². The summed E-state index contributed by atoms with van der Waals surface area (Å²) in [6.45, 7) is 8.80. The van der Waals surface area contributed by atoms with Gasteiger partial charge in [-0.15, -0.1) is 0 Å². The van der Waals surface area contributed by atoms with E-state index in [1.165, 1.54) is 19.4 Å². The molecule has 0 aliphatic rings. The quantitative estimate of drug-likeness (QED) is 0.399. The number of anilines is 1. The first-order valence-electron chi connectivity index (χ1n) is 13.2. The van der Waals surface area contributed by atoms with Crippen LogP contribution in [0.4, 0.5) is 10.5 Å². The Morgan fingerprint density at radius 3 is 2.39 bits per heavy atom. The summed E-state index contributed by atoms with van der Waals surface area (Å²) in [6, 6.07) is 1.49. The van der Waals surface area contributed by atoms with Crippen molar-refractivity contribution in [2.45, 2.75) is 97.4 Å². The molecule has 0 aliphatic carbocycles. The normalized spacial score (nSPS) is 16.3. The Bertz CT molecular complexity index is 1000. The fraction of sp³-hybridized carbons (Fsp3) is 0.667. The van der Waals surface area contributed by atoms with E-state index >= 15 is 0 Å². The van der Waals surface area contributed by atoms with Gasteiger partial charge in [0.2, 0.25) is 0 Å². The summed E-state index contributed by atoms with van der Waals surface area (Å²) in [5.41, 5.74) is -2.51. The zero-order valence-corrected chi connectivity index (χ0v) is 21.1. The van der Waals surface area contributed by atoms with Crippen LogP contribution in [-0.4, -0.2) is 37.7 Å². The summed E-state index contributed by atoms with van der Waals surface area (Å²) in [6.07, 6.45) is 0.317. The lowest BCUT2D eigenvalue weighted by Gasteiger charge is -2.42. The molecule has 7 heteroatoms. The van der Waals surface area contributed by atoms with E-state index in [2.05, 4.69) is 22.1 Å². The van der Waals surface area contributed by atoms with Crippen LogP contribution in [-0.2, 0) is 9.16 Å². The van der Waals surface area contributed by atoms with Gasteiger partial charge in [-0.3, -0.25) is 5.32 Å². The van der Waals surface area contributed by atoms with Crippen molar-refractivity contribution in [3.05, 3.63) is 18.0 Å². The molecule has 0 fully saturated rings. The van der Waals surface area contributed by atoms with Gasteiger partial charge in [-0.2, -0.15) is 0 Å². The van der Waals surface area contributed by atoms with Crippen LogP contribution >= 0.6 is 0 Å². The van der Waals surface area contributed by atoms with Gasteiger partial charge in [0.15, 0.2) is 14.1 Å². The van der Waals surface area contributed by atoms with E-state index in [9.17, 15) is 4.79 Å². The highest BCUT2D eigenvalue weighted by Gasteiger charge is 2.41. The molecule has 0 saturated heterocycles. The number of rotatable bonds is 6. The summed E-state index contributed by atoms with van der Waals surface area (Å²) in [7, 11) is -1.36. The predicted octanol–water partition coefficient (Wildman–Crippen LogP) is 6.37. The van der Waals surface area contributed by atoms with Crippen molar-refractivity contribution in [3.63, 3.8) is 0 Å². The molecule has 31 heavy (non-hydrogen) atoms. The van der Waals surface area contributed by atoms with Crippen molar-refractivity contribution in [2.24, 2.45) is 0 Å². The first-order valence-corrected chi connectivity index (χ1v) is 13.1. The number of aromatic nitrogens is 1. The van der Waals surface area contributed by atoms with Gasteiger partial charge in [0.1, 0.15) is 11.3 Å². The lowest BCUT2D eigenvalue weighted by Crippen LogP contribution is -2.47. The average Bonchev–Trinajstić information content (AvgIpc) is 2.66. The van der Waals surface area contributed by atoms with Crippen molar-refractivity contribution in [1.29, 1.82) is 0 Å². The van der Waals surface area contributed by atoms with Crippen LogP contribution in [0, 0.1) is 11.8 Å². The van der Waals surface area contributed by atoms with Crippen LogP contribution < -0.4 is 10.1 Å². The number of carbonyl (C=O) groups is 1. The Morgan fingerprint density at radius 1 is 1.23 bits per heavy atom. The zero-order chi connectivity index (χ0) is 29.1. The largest absolute Gasteiger partial charge is 0.493 e. The highest BCUT2D eigenvalue weighted by molar-refractivity contribution is 6.74. The molecule has 174 valence electrons. The zero-order valence-electron chi connectivity index (χ0n) is 26.1. The Hall–Kier alpha value is -2.04. The number of methoxy groups -OCH3 is 1. The fourth-order valence-electron chi connectivity index (χ4n) is 2.22. The molecule has 0 saturated carbocycles. The third-order valence-corrected chi connectivity index (χ3v) is 9.25. The van der Waals surface area contributed by atoms with Crippen LogP contribution in [0.3, 0.4) is 0 Å². The molecule has 6 nitrogen and oxygen atoms in total. The van der Waals surface area contributed by atoms with Gasteiger partial charge in [0, 0.05) is 14.6 Å². The van der Waals surface area contributed by atoms with E-state index in [0.717, 1.165) is 0 Å². The van der Waals surface area contributed by atoms with Gasteiger partial charge in [-0.05, 0) is 71.0 Å². The summed E-state index contributed by atoms with van der Waals surface area (Å²) >= 11 is 0. The minimum absolute atomic E-state index is 0.0616. The van der Waals surface area contributed by atoms with E-state index in [1.54, 1.807) is 20.8 Å². The summed E-state index contributed by atoms with van der Waals surface area (Å²) < 4.78 is 65.4. The first kappa shape index (κ1) is 18.5. The molecule has 0 aromatic carbocycles. The van der Waals surface area contributed by atoms with E-state index in [-0.39, 0.29) is 24.2 Å². The fourth-order valence-corrected chi connectivity index (χ4v) is 3.50. The minimum atomic E-state index is -2.90. The van der Waals surface area contributed by atoms with Gasteiger partial charge < -0.3 is 13.9 Å². The molecule has 1 amide bonds. The molecule has 0 bridgehead atoms. The number of hydrogen-bond donors (Lipinski definition) is 1. The summed E-state index contributed by atoms with van der Waals surface area (Å²) in [5, 5.41) is 2.20. The topological polar surface area (TPSA) is 69.7 Å². The number of ether oxygens (including phenoxy) is 2. The number of carbonyl (C=O) groups excluding carboxylic acids is 1. The maximum Gasteiger partial charge on any atom is 0.412 e. The third kappa shape index (κ3) is 9.32. The lowest BCUT2D eigenvalue weighted by molar-refractivity contribution is 0.0635. The highest BCUT2D eigenvalue weighted by atomic mass is 28.4. The molecule has 0 spiro atoms. The van der Waals surface area contributed by atoms with E-state index in [0.29, 0.717) is 5.75 Å². The third-order valence-electron chi connectivity index (χ3n) is 4.78. The average molecular weight is 455 g/mol. The molecular formula is C24H40N2O4Si. The lowest BCUT2D eigenvalue weighted by atomic mass is 10.0. The van der Waals surface area contributed by atoms with Crippen molar-refractivity contribution in [1.82, 2.24) is 4.98 Å². The molecule has 0 aliphatic heterocycles. The summed E-state index contributed by atoms with van der Waals surface area (Å²) in [4.78, 5) is 16.4. The van der Waals surface area contributed by atoms with Gasteiger partial charge in [-0.25, -0.2) is 9.78 Å². The highest BCUT2D eigenvalue weighted by Crippen LogP contribution is 2.39.